The number of nitrogens with two attached hydrogens (primary N) is 2. The Morgan fingerprint density at radius 1 is 1.20 bits per heavy atom. The van der Waals surface area contributed by atoms with E-state index < -0.39 is 6.03 Å². The molecule has 1 unspecified atom stereocenters. The predicted molar refractivity (Wildman–Crippen MR) is 105 cm³/mol. The van der Waals surface area contributed by atoms with E-state index in [0.29, 0.717) is 5.92 Å². The number of nitrogens with one attached hydrogen (secondary N) is 1. The smallest absolute Gasteiger partial charge is 0.322 e. The molecule has 25 heavy (non-hydrogen) atoms. The minimum absolute atomic E-state index is 0. The fourth-order valence-electron chi connectivity index (χ4n) is 4.07. The number of amides is 2. The summed E-state index contributed by atoms with van der Waals surface area (Å²) in [6.07, 6.45) is 8.27. The summed E-state index contributed by atoms with van der Waals surface area (Å²) in [6, 6.07) is 5.17. The Morgan fingerprint density at radius 3 is 2.24 bits per heavy atom. The summed E-state index contributed by atoms with van der Waals surface area (Å²) in [6.45, 7) is 4.07. The lowest BCUT2D eigenvalue weighted by molar-refractivity contribution is 0.208. The maximum Gasteiger partial charge on any atom is 0.322 e. The van der Waals surface area contributed by atoms with Gasteiger partial charge in [-0.05, 0) is 49.3 Å². The van der Waals surface area contributed by atoms with Crippen molar-refractivity contribution >= 4 is 24.4 Å². The molecule has 1 aromatic carbocycles. The van der Waals surface area contributed by atoms with Crippen molar-refractivity contribution in [3.05, 3.63) is 34.9 Å². The van der Waals surface area contributed by atoms with Crippen LogP contribution in [-0.4, -0.2) is 16.9 Å². The molecule has 0 aliphatic heterocycles. The number of primary amides is 1. The number of hydrogen-bond acceptors (Lipinski definition) is 2. The number of aryl methyl sites for hydroxylation is 2. The second kappa shape index (κ2) is 9.66. The van der Waals surface area contributed by atoms with Gasteiger partial charge in [-0.3, -0.25) is 10.3 Å². The van der Waals surface area contributed by atoms with Gasteiger partial charge in [0.05, 0.1) is 6.04 Å². The second-order valence-corrected chi connectivity index (χ2v) is 7.00. The van der Waals surface area contributed by atoms with Crippen LogP contribution >= 0.6 is 12.4 Å². The van der Waals surface area contributed by atoms with E-state index in [9.17, 15) is 4.79 Å². The van der Waals surface area contributed by atoms with Crippen molar-refractivity contribution < 1.29 is 4.79 Å². The molecule has 1 saturated carbocycles. The fraction of sp³-hybridized carbons (Fsp3) is 0.579. The van der Waals surface area contributed by atoms with Crippen molar-refractivity contribution in [1.82, 2.24) is 4.90 Å². The monoisotopic (exact) mass is 366 g/mol. The summed E-state index contributed by atoms with van der Waals surface area (Å²) < 4.78 is 0. The zero-order valence-electron chi connectivity index (χ0n) is 15.3. The minimum Gasteiger partial charge on any atom is -0.370 e. The molecule has 6 heteroatoms. The number of hydrogen-bond donors (Lipinski definition) is 3. The molecule has 0 radical (unpaired) electrons. The van der Waals surface area contributed by atoms with Crippen LogP contribution in [-0.2, 0) is 0 Å². The van der Waals surface area contributed by atoms with Gasteiger partial charge in [-0.25, -0.2) is 4.79 Å². The van der Waals surface area contributed by atoms with Gasteiger partial charge in [0, 0.05) is 0 Å². The molecule has 0 aromatic heterocycles. The van der Waals surface area contributed by atoms with Crippen LogP contribution < -0.4 is 11.5 Å². The Labute approximate surface area is 157 Å². The molecule has 1 fully saturated rings. The molecule has 140 valence electrons. The highest BCUT2D eigenvalue weighted by atomic mass is 35.5. The highest BCUT2D eigenvalue weighted by Crippen LogP contribution is 2.35. The van der Waals surface area contributed by atoms with Crippen molar-refractivity contribution in [2.24, 2.45) is 17.4 Å². The van der Waals surface area contributed by atoms with Crippen LogP contribution in [0.3, 0.4) is 0 Å². The summed E-state index contributed by atoms with van der Waals surface area (Å²) in [7, 11) is 0. The number of carbonyl (C=O) groups excluding carboxylic acids is 1. The molecule has 1 aliphatic rings. The molecule has 1 atom stereocenters. The molecule has 0 bridgehead atoms. The molecule has 0 saturated heterocycles. The van der Waals surface area contributed by atoms with E-state index in [1.807, 2.05) is 32.0 Å². The summed E-state index contributed by atoms with van der Waals surface area (Å²) in [5.74, 6) is 0.422. The topological polar surface area (TPSA) is 96.2 Å². The molecule has 5 N–H and O–H groups in total. The van der Waals surface area contributed by atoms with Crippen LogP contribution in [0.25, 0.3) is 0 Å². The molecule has 1 aromatic rings. The minimum atomic E-state index is -0.654. The molecule has 2 amide bonds. The highest BCUT2D eigenvalue weighted by Gasteiger charge is 2.29. The van der Waals surface area contributed by atoms with E-state index in [2.05, 4.69) is 0 Å². The van der Waals surface area contributed by atoms with Gasteiger partial charge < -0.3 is 11.5 Å². The Bertz CT molecular complexity index is 565. The summed E-state index contributed by atoms with van der Waals surface area (Å²) in [5.41, 5.74) is 14.5. The first-order valence-electron chi connectivity index (χ1n) is 8.90. The van der Waals surface area contributed by atoms with E-state index in [-0.39, 0.29) is 24.4 Å². The van der Waals surface area contributed by atoms with Crippen molar-refractivity contribution in [3.63, 3.8) is 0 Å². The number of rotatable bonds is 5. The van der Waals surface area contributed by atoms with Crippen LogP contribution in [0.4, 0.5) is 4.79 Å². The Morgan fingerprint density at radius 2 is 1.76 bits per heavy atom. The zero-order chi connectivity index (χ0) is 17.7. The fourth-order valence-corrected chi connectivity index (χ4v) is 4.07. The lowest BCUT2D eigenvalue weighted by Crippen LogP contribution is -2.47. The molecular weight excluding hydrogens is 336 g/mol. The first kappa shape index (κ1) is 21.3. The van der Waals surface area contributed by atoms with Gasteiger partial charge in [-0.1, -0.05) is 50.3 Å². The average Bonchev–Trinajstić information content (AvgIpc) is 2.52. The molecular formula is C19H31ClN4O. The van der Waals surface area contributed by atoms with E-state index in [4.69, 9.17) is 16.9 Å². The number of guanidine groups is 1. The summed E-state index contributed by atoms with van der Waals surface area (Å²) >= 11 is 0. The van der Waals surface area contributed by atoms with Crippen LogP contribution in [0.1, 0.15) is 67.7 Å². The van der Waals surface area contributed by atoms with Gasteiger partial charge in [-0.2, -0.15) is 0 Å². The van der Waals surface area contributed by atoms with Gasteiger partial charge in [0.15, 0.2) is 5.96 Å². The van der Waals surface area contributed by atoms with E-state index >= 15 is 0 Å². The number of carbonyl (C=O) groups is 1. The molecule has 1 aliphatic carbocycles. The van der Waals surface area contributed by atoms with Gasteiger partial charge in [-0.15, -0.1) is 12.4 Å². The van der Waals surface area contributed by atoms with Crippen molar-refractivity contribution in [2.75, 3.05) is 0 Å². The summed E-state index contributed by atoms with van der Waals surface area (Å²) in [5, 5.41) is 7.83. The first-order chi connectivity index (χ1) is 11.4. The lowest BCUT2D eigenvalue weighted by Gasteiger charge is -2.33. The van der Waals surface area contributed by atoms with Gasteiger partial charge >= 0.3 is 6.03 Å². The van der Waals surface area contributed by atoms with Crippen molar-refractivity contribution in [1.29, 1.82) is 5.41 Å². The first-order valence-corrected chi connectivity index (χ1v) is 8.90. The Hall–Kier alpha value is -1.75. The maximum absolute atomic E-state index is 12.0. The van der Waals surface area contributed by atoms with Crippen LogP contribution in [0.2, 0.25) is 0 Å². The average molecular weight is 367 g/mol. The van der Waals surface area contributed by atoms with Gasteiger partial charge in [0.2, 0.25) is 0 Å². The molecule has 2 rings (SSSR count). The van der Waals surface area contributed by atoms with Crippen LogP contribution in [0.15, 0.2) is 18.2 Å². The van der Waals surface area contributed by atoms with E-state index in [0.717, 1.165) is 29.5 Å². The van der Waals surface area contributed by atoms with Gasteiger partial charge in [0.25, 0.3) is 0 Å². The molecule has 5 nitrogen and oxygen atoms in total. The third-order valence-electron chi connectivity index (χ3n) is 5.26. The van der Waals surface area contributed by atoms with E-state index in [1.54, 1.807) is 0 Å². The Balaban J connectivity index is 0.00000312. The van der Waals surface area contributed by atoms with E-state index in [1.165, 1.54) is 37.0 Å². The van der Waals surface area contributed by atoms with Crippen molar-refractivity contribution in [3.8, 4) is 0 Å². The third kappa shape index (κ3) is 5.36. The van der Waals surface area contributed by atoms with Gasteiger partial charge in [0.1, 0.15) is 0 Å². The maximum atomic E-state index is 12.0. The molecule has 0 heterocycles. The standard InChI is InChI=1S/C19H30N4O.ClH/c1-13-7-6-8-14(2)17(13)16(23(18(20)21)19(22)24)12-11-15-9-4-3-5-10-15;/h6-8,15-16H,3-5,9-12H2,1-2H3,(H3,20,21)(H2,22,24);1H. The third-order valence-corrected chi connectivity index (χ3v) is 5.26. The largest absolute Gasteiger partial charge is 0.370 e. The number of nitrogens with zero attached hydrogens (tertiary/aromatic N) is 1. The molecule has 0 spiro atoms. The predicted octanol–water partition coefficient (Wildman–Crippen LogP) is 4.40. The number of benzene rings is 1. The highest BCUT2D eigenvalue weighted by molar-refractivity contribution is 5.93. The quantitative estimate of drug-likeness (QED) is 0.531. The SMILES string of the molecule is Cc1cccc(C)c1C(CCC1CCCCC1)N(C(=N)N)C(N)=O.Cl. The van der Waals surface area contributed by atoms with Crippen LogP contribution in [0.5, 0.6) is 0 Å². The lowest BCUT2D eigenvalue weighted by atomic mass is 9.83. The number of halogens is 1. The second-order valence-electron chi connectivity index (χ2n) is 7.00. The normalized spacial score (nSPS) is 15.9. The zero-order valence-corrected chi connectivity index (χ0v) is 16.1. The number of urea groups is 1. The Kier molecular flexibility index (Phi) is 8.23. The summed E-state index contributed by atoms with van der Waals surface area (Å²) in [4.78, 5) is 13.2. The van der Waals surface area contributed by atoms with Crippen molar-refractivity contribution in [2.45, 2.75) is 64.8 Å². The van der Waals surface area contributed by atoms with Crippen LogP contribution in [0, 0.1) is 25.2 Å².